The van der Waals surface area contributed by atoms with Crippen LogP contribution in [-0.2, 0) is 4.79 Å². The Bertz CT molecular complexity index is 1010. The molecule has 7 nitrogen and oxygen atoms in total. The lowest BCUT2D eigenvalue weighted by molar-refractivity contribution is -0.156. The summed E-state index contributed by atoms with van der Waals surface area (Å²) in [5.74, 6) is 0.706. The highest BCUT2D eigenvalue weighted by Crippen LogP contribution is 2.35. The summed E-state index contributed by atoms with van der Waals surface area (Å²) >= 11 is 0. The Kier molecular flexibility index (Phi) is 6.82. The van der Waals surface area contributed by atoms with Crippen molar-refractivity contribution in [3.05, 3.63) is 31.0 Å². The van der Waals surface area contributed by atoms with Crippen molar-refractivity contribution >= 4 is 17.3 Å². The standard InChI is InChI=1S/C18H20N6.C2HF3O/c19-8-1-2-13-3-5-15(6-4-13)24-11-14(10-23-24)17-16-7-9-20-18(16)22-12-21-17;3-2(4,5)1-6/h7,9-13,15H,1-6H2,(H,20,21,22);1H. The van der Waals surface area contributed by atoms with Crippen LogP contribution in [0.15, 0.2) is 31.0 Å². The molecule has 1 saturated carbocycles. The molecule has 1 aliphatic carbocycles. The summed E-state index contributed by atoms with van der Waals surface area (Å²) in [5, 5.41) is 14.3. The average Bonchev–Trinajstić information content (AvgIpc) is 3.42. The van der Waals surface area contributed by atoms with Gasteiger partial charge in [0.2, 0.25) is 6.29 Å². The Morgan fingerprint density at radius 2 is 2.00 bits per heavy atom. The van der Waals surface area contributed by atoms with Crippen molar-refractivity contribution in [3.8, 4) is 17.3 Å². The number of aromatic nitrogens is 5. The molecule has 3 heterocycles. The van der Waals surface area contributed by atoms with E-state index in [1.54, 1.807) is 6.33 Å². The number of aromatic amines is 1. The van der Waals surface area contributed by atoms with Gasteiger partial charge in [0.25, 0.3) is 0 Å². The number of hydrogen-bond donors (Lipinski definition) is 1. The van der Waals surface area contributed by atoms with Crippen LogP contribution in [0.1, 0.15) is 44.6 Å². The van der Waals surface area contributed by atoms with Crippen molar-refractivity contribution in [2.45, 2.75) is 50.7 Å². The van der Waals surface area contributed by atoms with Crippen molar-refractivity contribution in [2.24, 2.45) is 5.92 Å². The smallest absolute Gasteiger partial charge is 0.346 e. The number of fused-ring (bicyclic) bond motifs is 1. The Balaban J connectivity index is 0.000000377. The highest BCUT2D eigenvalue weighted by atomic mass is 19.4. The third-order valence-electron chi connectivity index (χ3n) is 5.22. The van der Waals surface area contributed by atoms with Gasteiger partial charge in [-0.05, 0) is 44.1 Å². The van der Waals surface area contributed by atoms with Crippen LogP contribution >= 0.6 is 0 Å². The van der Waals surface area contributed by atoms with Gasteiger partial charge in [0.05, 0.1) is 24.0 Å². The summed E-state index contributed by atoms with van der Waals surface area (Å²) < 4.78 is 33.3. The second-order valence-corrected chi connectivity index (χ2v) is 7.20. The SMILES string of the molecule is N#CCCC1CCC(n2cc(-c3ncnc4[nH]ccc34)cn2)CC1.O=CC(F)(F)F. The molecule has 30 heavy (non-hydrogen) atoms. The molecule has 0 unspecified atom stereocenters. The molecule has 3 aromatic rings. The largest absolute Gasteiger partial charge is 0.446 e. The minimum atomic E-state index is -4.64. The molecular weight excluding hydrogens is 397 g/mol. The van der Waals surface area contributed by atoms with Gasteiger partial charge in [0.15, 0.2) is 0 Å². The number of H-pyrrole nitrogens is 1. The third-order valence-corrected chi connectivity index (χ3v) is 5.22. The van der Waals surface area contributed by atoms with Crippen LogP contribution in [0.5, 0.6) is 0 Å². The van der Waals surface area contributed by atoms with Gasteiger partial charge in [0.1, 0.15) is 12.0 Å². The molecular formula is C20H21F3N6O. The maximum atomic E-state index is 10.4. The molecule has 0 radical (unpaired) electrons. The molecule has 0 aromatic carbocycles. The van der Waals surface area contributed by atoms with Crippen LogP contribution in [0.25, 0.3) is 22.3 Å². The first kappa shape index (κ1) is 21.5. The van der Waals surface area contributed by atoms with Gasteiger partial charge in [0, 0.05) is 29.8 Å². The van der Waals surface area contributed by atoms with E-state index < -0.39 is 12.5 Å². The minimum Gasteiger partial charge on any atom is -0.346 e. The van der Waals surface area contributed by atoms with Crippen LogP contribution in [0, 0.1) is 17.2 Å². The molecule has 1 N–H and O–H groups in total. The lowest BCUT2D eigenvalue weighted by Gasteiger charge is -2.28. The number of hydrogen-bond acceptors (Lipinski definition) is 5. The molecule has 0 bridgehead atoms. The molecule has 0 aliphatic heterocycles. The molecule has 0 saturated heterocycles. The Labute approximate surface area is 170 Å². The predicted octanol–water partition coefficient (Wildman–Crippen LogP) is 4.60. The number of carbonyl (C=O) groups is 1. The van der Waals surface area contributed by atoms with Crippen LogP contribution in [0.2, 0.25) is 0 Å². The number of alkyl halides is 3. The van der Waals surface area contributed by atoms with Gasteiger partial charge in [-0.25, -0.2) is 9.97 Å². The zero-order valence-corrected chi connectivity index (χ0v) is 16.1. The van der Waals surface area contributed by atoms with Crippen molar-refractivity contribution in [1.29, 1.82) is 5.26 Å². The quantitative estimate of drug-likeness (QED) is 0.624. The fourth-order valence-electron chi connectivity index (χ4n) is 3.73. The number of carbonyl (C=O) groups excluding carboxylic acids is 1. The zero-order chi connectivity index (χ0) is 21.6. The van der Waals surface area contributed by atoms with Gasteiger partial charge in [-0.2, -0.15) is 23.5 Å². The average molecular weight is 418 g/mol. The normalized spacial score (nSPS) is 19.0. The molecule has 1 aliphatic rings. The monoisotopic (exact) mass is 418 g/mol. The zero-order valence-electron chi connectivity index (χ0n) is 16.1. The van der Waals surface area contributed by atoms with E-state index in [9.17, 15) is 13.2 Å². The topological polar surface area (TPSA) is 100 Å². The summed E-state index contributed by atoms with van der Waals surface area (Å²) in [6.07, 6.45) is 8.16. The van der Waals surface area contributed by atoms with E-state index in [0.717, 1.165) is 41.6 Å². The Morgan fingerprint density at radius 1 is 1.27 bits per heavy atom. The van der Waals surface area contributed by atoms with E-state index in [1.807, 2.05) is 18.5 Å². The summed E-state index contributed by atoms with van der Waals surface area (Å²) in [5.41, 5.74) is 2.81. The van der Waals surface area contributed by atoms with Crippen LogP contribution < -0.4 is 0 Å². The first-order chi connectivity index (χ1) is 14.4. The lowest BCUT2D eigenvalue weighted by Crippen LogP contribution is -2.18. The molecule has 1 fully saturated rings. The van der Waals surface area contributed by atoms with E-state index in [4.69, 9.17) is 10.1 Å². The molecule has 158 valence electrons. The second kappa shape index (κ2) is 9.52. The van der Waals surface area contributed by atoms with Crippen LogP contribution in [0.3, 0.4) is 0 Å². The highest BCUT2D eigenvalue weighted by Gasteiger charge is 2.25. The maximum Gasteiger partial charge on any atom is 0.446 e. The van der Waals surface area contributed by atoms with Crippen LogP contribution in [-0.4, -0.2) is 37.2 Å². The summed E-state index contributed by atoms with van der Waals surface area (Å²) in [6.45, 7) is 0. The van der Waals surface area contributed by atoms with E-state index in [2.05, 4.69) is 37.0 Å². The number of nitrogens with one attached hydrogen (secondary N) is 1. The first-order valence-electron chi connectivity index (χ1n) is 9.64. The van der Waals surface area contributed by atoms with Crippen molar-refractivity contribution in [2.75, 3.05) is 0 Å². The van der Waals surface area contributed by atoms with Crippen molar-refractivity contribution in [1.82, 2.24) is 24.7 Å². The molecule has 0 spiro atoms. The van der Waals surface area contributed by atoms with E-state index in [0.29, 0.717) is 18.4 Å². The summed E-state index contributed by atoms with van der Waals surface area (Å²) in [6, 6.07) is 4.72. The van der Waals surface area contributed by atoms with Crippen LogP contribution in [0.4, 0.5) is 13.2 Å². The fraction of sp³-hybridized carbons (Fsp3) is 0.450. The number of nitrogens with zero attached hydrogens (tertiary/aromatic N) is 5. The molecule has 0 atom stereocenters. The van der Waals surface area contributed by atoms with Gasteiger partial charge >= 0.3 is 6.18 Å². The molecule has 4 rings (SSSR count). The van der Waals surface area contributed by atoms with E-state index in [1.165, 1.54) is 12.8 Å². The van der Waals surface area contributed by atoms with Crippen molar-refractivity contribution < 1.29 is 18.0 Å². The predicted molar refractivity (Wildman–Crippen MR) is 103 cm³/mol. The summed E-state index contributed by atoms with van der Waals surface area (Å²) in [4.78, 5) is 20.5. The number of rotatable bonds is 4. The number of nitriles is 1. The highest BCUT2D eigenvalue weighted by molar-refractivity contribution is 5.89. The Morgan fingerprint density at radius 3 is 2.67 bits per heavy atom. The first-order valence-corrected chi connectivity index (χ1v) is 9.64. The number of aldehydes is 1. The van der Waals surface area contributed by atoms with E-state index >= 15 is 0 Å². The molecule has 3 aromatic heterocycles. The number of halogens is 3. The maximum absolute atomic E-state index is 10.4. The second-order valence-electron chi connectivity index (χ2n) is 7.20. The van der Waals surface area contributed by atoms with Gasteiger partial charge in [-0.1, -0.05) is 0 Å². The molecule has 10 heteroatoms. The van der Waals surface area contributed by atoms with Gasteiger partial charge in [-0.15, -0.1) is 0 Å². The minimum absolute atomic E-state index is 0.459. The van der Waals surface area contributed by atoms with Gasteiger partial charge in [-0.3, -0.25) is 9.48 Å². The van der Waals surface area contributed by atoms with Crippen molar-refractivity contribution in [3.63, 3.8) is 0 Å². The fourth-order valence-corrected chi connectivity index (χ4v) is 3.73. The molecule has 0 amide bonds. The van der Waals surface area contributed by atoms with E-state index in [-0.39, 0.29) is 0 Å². The lowest BCUT2D eigenvalue weighted by atomic mass is 9.83. The summed E-state index contributed by atoms with van der Waals surface area (Å²) in [7, 11) is 0. The third kappa shape index (κ3) is 5.43. The van der Waals surface area contributed by atoms with Gasteiger partial charge < -0.3 is 4.98 Å². The Hall–Kier alpha value is -3.22.